The van der Waals surface area contributed by atoms with E-state index >= 15 is 0 Å². The normalized spacial score (nSPS) is 13.7. The van der Waals surface area contributed by atoms with Crippen LogP contribution < -0.4 is 0 Å². The van der Waals surface area contributed by atoms with Gasteiger partial charge in [-0.25, -0.2) is 0 Å². The van der Waals surface area contributed by atoms with Gasteiger partial charge in [0, 0.05) is 29.6 Å². The summed E-state index contributed by atoms with van der Waals surface area (Å²) >= 11 is 11.8. The molecular formula is C14H17Cl2NO3. The van der Waals surface area contributed by atoms with Gasteiger partial charge in [0.15, 0.2) is 0 Å². The standard InChI is InChI=1S/C14H17Cl2NO3/c1-8(9(2)14(19)20)13(18)17(3)7-10-4-11(15)6-12(16)5-10/h4-6,8-9H,7H2,1-3H3,(H,19,20). The molecule has 0 fully saturated rings. The minimum Gasteiger partial charge on any atom is -0.481 e. The lowest BCUT2D eigenvalue weighted by atomic mass is 9.95. The van der Waals surface area contributed by atoms with Crippen LogP contribution in [0.25, 0.3) is 0 Å². The lowest BCUT2D eigenvalue weighted by molar-refractivity contribution is -0.148. The van der Waals surface area contributed by atoms with Gasteiger partial charge >= 0.3 is 5.97 Å². The molecule has 0 heterocycles. The lowest BCUT2D eigenvalue weighted by Crippen LogP contribution is -2.36. The molecule has 1 aromatic carbocycles. The highest BCUT2D eigenvalue weighted by atomic mass is 35.5. The predicted molar refractivity (Wildman–Crippen MR) is 78.9 cm³/mol. The summed E-state index contributed by atoms with van der Waals surface area (Å²) in [6.45, 7) is 3.47. The van der Waals surface area contributed by atoms with E-state index in [1.807, 2.05) is 0 Å². The largest absolute Gasteiger partial charge is 0.481 e. The second-order valence-electron chi connectivity index (χ2n) is 4.89. The van der Waals surface area contributed by atoms with Crippen LogP contribution in [0.15, 0.2) is 18.2 Å². The van der Waals surface area contributed by atoms with Crippen molar-refractivity contribution in [2.75, 3.05) is 7.05 Å². The third-order valence-electron chi connectivity index (χ3n) is 3.25. The predicted octanol–water partition coefficient (Wildman–Crippen LogP) is 3.31. The van der Waals surface area contributed by atoms with Gasteiger partial charge in [-0.1, -0.05) is 37.0 Å². The van der Waals surface area contributed by atoms with Crippen molar-refractivity contribution in [2.45, 2.75) is 20.4 Å². The third-order valence-corrected chi connectivity index (χ3v) is 3.68. The Hall–Kier alpha value is -1.26. The molecule has 4 nitrogen and oxygen atoms in total. The van der Waals surface area contributed by atoms with Gasteiger partial charge in [-0.15, -0.1) is 0 Å². The van der Waals surface area contributed by atoms with Gasteiger partial charge in [0.1, 0.15) is 0 Å². The number of aliphatic carboxylic acids is 1. The van der Waals surface area contributed by atoms with E-state index in [9.17, 15) is 9.59 Å². The van der Waals surface area contributed by atoms with Gasteiger partial charge in [-0.05, 0) is 23.8 Å². The minimum atomic E-state index is -0.981. The average molecular weight is 318 g/mol. The molecule has 0 spiro atoms. The van der Waals surface area contributed by atoms with E-state index in [2.05, 4.69) is 0 Å². The van der Waals surface area contributed by atoms with Crippen molar-refractivity contribution in [2.24, 2.45) is 11.8 Å². The first-order valence-electron chi connectivity index (χ1n) is 6.15. The Bertz CT molecular complexity index is 499. The van der Waals surface area contributed by atoms with Crippen LogP contribution in [-0.4, -0.2) is 28.9 Å². The minimum absolute atomic E-state index is 0.226. The molecular weight excluding hydrogens is 301 g/mol. The van der Waals surface area contributed by atoms with Gasteiger partial charge in [0.2, 0.25) is 5.91 Å². The molecule has 1 amide bonds. The maximum absolute atomic E-state index is 12.2. The molecule has 0 aliphatic carbocycles. The van der Waals surface area contributed by atoms with Crippen molar-refractivity contribution in [3.8, 4) is 0 Å². The number of nitrogens with zero attached hydrogens (tertiary/aromatic N) is 1. The molecule has 20 heavy (non-hydrogen) atoms. The molecule has 0 aliphatic rings. The maximum atomic E-state index is 12.2. The van der Waals surface area contributed by atoms with Crippen LogP contribution in [-0.2, 0) is 16.1 Å². The van der Waals surface area contributed by atoms with Crippen LogP contribution in [0.3, 0.4) is 0 Å². The van der Waals surface area contributed by atoms with Crippen LogP contribution >= 0.6 is 23.2 Å². The zero-order chi connectivity index (χ0) is 15.4. The number of benzene rings is 1. The summed E-state index contributed by atoms with van der Waals surface area (Å²) in [7, 11) is 1.63. The third kappa shape index (κ3) is 4.39. The highest BCUT2D eigenvalue weighted by Crippen LogP contribution is 2.21. The average Bonchev–Trinajstić information content (AvgIpc) is 2.34. The molecule has 1 aromatic rings. The first kappa shape index (κ1) is 16.8. The zero-order valence-corrected chi connectivity index (χ0v) is 13.1. The van der Waals surface area contributed by atoms with E-state index in [1.165, 1.54) is 11.8 Å². The molecule has 0 saturated carbocycles. The summed E-state index contributed by atoms with van der Waals surface area (Å²) in [6.07, 6.45) is 0. The summed E-state index contributed by atoms with van der Waals surface area (Å²) in [5, 5.41) is 9.94. The highest BCUT2D eigenvalue weighted by molar-refractivity contribution is 6.34. The Morgan fingerprint density at radius 2 is 1.65 bits per heavy atom. The van der Waals surface area contributed by atoms with E-state index in [4.69, 9.17) is 28.3 Å². The molecule has 110 valence electrons. The number of carbonyl (C=O) groups is 2. The lowest BCUT2D eigenvalue weighted by Gasteiger charge is -2.23. The van der Waals surface area contributed by atoms with Crippen LogP contribution in [0.5, 0.6) is 0 Å². The van der Waals surface area contributed by atoms with Crippen molar-refractivity contribution in [1.82, 2.24) is 4.90 Å². The molecule has 6 heteroatoms. The van der Waals surface area contributed by atoms with Gasteiger partial charge in [-0.3, -0.25) is 9.59 Å². The zero-order valence-electron chi connectivity index (χ0n) is 11.6. The fraction of sp³-hybridized carbons (Fsp3) is 0.429. The summed E-state index contributed by atoms with van der Waals surface area (Å²) in [4.78, 5) is 24.5. The quantitative estimate of drug-likeness (QED) is 0.906. The summed E-state index contributed by atoms with van der Waals surface area (Å²) in [5.74, 6) is -2.53. The second-order valence-corrected chi connectivity index (χ2v) is 5.76. The van der Waals surface area contributed by atoms with Gasteiger partial charge < -0.3 is 10.0 Å². The van der Waals surface area contributed by atoms with Crippen molar-refractivity contribution in [1.29, 1.82) is 0 Å². The number of halogens is 2. The number of hydrogen-bond donors (Lipinski definition) is 1. The van der Waals surface area contributed by atoms with Crippen molar-refractivity contribution >= 4 is 35.1 Å². The van der Waals surface area contributed by atoms with Crippen LogP contribution in [0, 0.1) is 11.8 Å². The summed E-state index contributed by atoms with van der Waals surface area (Å²) in [5.41, 5.74) is 0.800. The monoisotopic (exact) mass is 317 g/mol. The molecule has 0 radical (unpaired) electrons. The van der Waals surface area contributed by atoms with Crippen LogP contribution in [0.2, 0.25) is 10.0 Å². The van der Waals surface area contributed by atoms with Gasteiger partial charge in [-0.2, -0.15) is 0 Å². The molecule has 1 rings (SSSR count). The number of carboxylic acid groups (broad SMARTS) is 1. The van der Waals surface area contributed by atoms with Crippen molar-refractivity contribution in [3.63, 3.8) is 0 Å². The summed E-state index contributed by atoms with van der Waals surface area (Å²) in [6, 6.07) is 5.06. The first-order valence-corrected chi connectivity index (χ1v) is 6.90. The van der Waals surface area contributed by atoms with E-state index in [1.54, 1.807) is 32.2 Å². The van der Waals surface area contributed by atoms with Crippen LogP contribution in [0.1, 0.15) is 19.4 Å². The van der Waals surface area contributed by atoms with Crippen LogP contribution in [0.4, 0.5) is 0 Å². The second kappa shape index (κ2) is 6.95. The molecule has 0 saturated heterocycles. The van der Waals surface area contributed by atoms with Gasteiger partial charge in [0.05, 0.1) is 5.92 Å². The molecule has 1 N–H and O–H groups in total. The van der Waals surface area contributed by atoms with E-state index in [0.29, 0.717) is 16.6 Å². The van der Waals surface area contributed by atoms with Crippen molar-refractivity contribution < 1.29 is 14.7 Å². The number of carbonyl (C=O) groups excluding carboxylic acids is 1. The summed E-state index contributed by atoms with van der Waals surface area (Å²) < 4.78 is 0. The Morgan fingerprint density at radius 1 is 1.15 bits per heavy atom. The first-order chi connectivity index (χ1) is 9.22. The fourth-order valence-corrected chi connectivity index (χ4v) is 2.40. The molecule has 2 atom stereocenters. The number of carboxylic acids is 1. The fourth-order valence-electron chi connectivity index (χ4n) is 1.83. The number of hydrogen-bond acceptors (Lipinski definition) is 2. The van der Waals surface area contributed by atoms with E-state index < -0.39 is 17.8 Å². The number of rotatable bonds is 5. The van der Waals surface area contributed by atoms with E-state index in [0.717, 1.165) is 5.56 Å². The Kier molecular flexibility index (Phi) is 5.84. The molecule has 0 aliphatic heterocycles. The highest BCUT2D eigenvalue weighted by Gasteiger charge is 2.28. The van der Waals surface area contributed by atoms with Gasteiger partial charge in [0.25, 0.3) is 0 Å². The molecule has 2 unspecified atom stereocenters. The number of amides is 1. The smallest absolute Gasteiger partial charge is 0.307 e. The molecule has 0 aromatic heterocycles. The van der Waals surface area contributed by atoms with Crippen molar-refractivity contribution in [3.05, 3.63) is 33.8 Å². The Balaban J connectivity index is 2.77. The topological polar surface area (TPSA) is 57.6 Å². The Morgan fingerprint density at radius 3 is 2.10 bits per heavy atom. The maximum Gasteiger partial charge on any atom is 0.307 e. The SMILES string of the molecule is CC(C(=O)O)C(C)C(=O)N(C)Cc1cc(Cl)cc(Cl)c1. The van der Waals surface area contributed by atoms with E-state index in [-0.39, 0.29) is 5.91 Å². The Labute approximate surface area is 128 Å². The molecule has 0 bridgehead atoms.